The van der Waals surface area contributed by atoms with Crippen molar-refractivity contribution in [2.24, 2.45) is 10.9 Å². The molecule has 5 rings (SSSR count). The second-order valence-corrected chi connectivity index (χ2v) is 8.58. The van der Waals surface area contributed by atoms with Gasteiger partial charge < -0.3 is 0 Å². The van der Waals surface area contributed by atoms with E-state index in [4.69, 9.17) is 28.2 Å². The lowest BCUT2D eigenvalue weighted by Gasteiger charge is -2.22. The van der Waals surface area contributed by atoms with E-state index >= 15 is 0 Å². The number of fused-ring (bicyclic) bond motifs is 4. The molecule has 0 spiro atoms. The van der Waals surface area contributed by atoms with E-state index in [1.165, 1.54) is 0 Å². The van der Waals surface area contributed by atoms with Crippen molar-refractivity contribution in [3.63, 3.8) is 0 Å². The van der Waals surface area contributed by atoms with Crippen LogP contribution >= 0.6 is 35.0 Å². The van der Waals surface area contributed by atoms with Crippen molar-refractivity contribution in [1.82, 2.24) is 0 Å². The molecule has 3 aromatic carbocycles. The number of ketones is 1. The molecule has 0 aromatic heterocycles. The molecule has 1 aliphatic carbocycles. The van der Waals surface area contributed by atoms with Gasteiger partial charge in [0.2, 0.25) is 0 Å². The Morgan fingerprint density at radius 3 is 2.48 bits per heavy atom. The Kier molecular flexibility index (Phi) is 4.12. The van der Waals surface area contributed by atoms with Crippen LogP contribution in [0.5, 0.6) is 0 Å². The zero-order chi connectivity index (χ0) is 18.5. The highest BCUT2D eigenvalue weighted by Crippen LogP contribution is 2.52. The van der Waals surface area contributed by atoms with E-state index in [1.54, 1.807) is 23.9 Å². The average molecular weight is 410 g/mol. The van der Waals surface area contributed by atoms with Crippen molar-refractivity contribution < 1.29 is 4.79 Å². The zero-order valence-corrected chi connectivity index (χ0v) is 16.4. The number of nitrogens with zero attached hydrogens (tertiary/aromatic N) is 1. The van der Waals surface area contributed by atoms with Gasteiger partial charge in [0, 0.05) is 26.1 Å². The molecule has 0 saturated heterocycles. The number of carbonyl (C=O) groups is 1. The Hall–Kier alpha value is -2.07. The summed E-state index contributed by atoms with van der Waals surface area (Å²) < 4.78 is 0. The molecule has 0 saturated carbocycles. The first-order chi connectivity index (χ1) is 13.1. The predicted octanol–water partition coefficient (Wildman–Crippen LogP) is 6.77. The fourth-order valence-electron chi connectivity index (χ4n) is 3.75. The maximum absolute atomic E-state index is 13.3. The molecule has 0 bridgehead atoms. The Morgan fingerprint density at radius 2 is 1.63 bits per heavy atom. The predicted molar refractivity (Wildman–Crippen MR) is 112 cm³/mol. The van der Waals surface area contributed by atoms with Crippen LogP contribution in [0.15, 0.2) is 76.6 Å². The van der Waals surface area contributed by atoms with Crippen LogP contribution in [0.2, 0.25) is 10.0 Å². The van der Waals surface area contributed by atoms with Gasteiger partial charge >= 0.3 is 0 Å². The number of Topliss-reactive ketones (excluding diaryl/α,β-unsaturated/α-hetero) is 1. The summed E-state index contributed by atoms with van der Waals surface area (Å²) in [5.74, 6) is -0.304. The molecule has 0 unspecified atom stereocenters. The normalized spacial score (nSPS) is 20.4. The number of rotatable bonds is 1. The molecule has 2 nitrogen and oxygen atoms in total. The molecular weight excluding hydrogens is 397 g/mol. The molecule has 3 aromatic rings. The van der Waals surface area contributed by atoms with Crippen molar-refractivity contribution in [3.05, 3.63) is 93.5 Å². The van der Waals surface area contributed by atoms with Gasteiger partial charge in [0.1, 0.15) is 0 Å². The lowest BCUT2D eigenvalue weighted by atomic mass is 9.93. The van der Waals surface area contributed by atoms with Crippen LogP contribution in [0, 0.1) is 5.92 Å². The van der Waals surface area contributed by atoms with Crippen LogP contribution in [-0.4, -0.2) is 11.5 Å². The Balaban J connectivity index is 1.78. The van der Waals surface area contributed by atoms with E-state index in [9.17, 15) is 4.79 Å². The first-order valence-corrected chi connectivity index (χ1v) is 10.2. The molecule has 27 heavy (non-hydrogen) atoms. The molecule has 2 aliphatic rings. The molecule has 1 aliphatic heterocycles. The molecule has 0 radical (unpaired) electrons. The van der Waals surface area contributed by atoms with E-state index in [2.05, 4.69) is 0 Å². The van der Waals surface area contributed by atoms with Crippen molar-refractivity contribution in [1.29, 1.82) is 0 Å². The minimum Gasteiger partial charge on any atom is -0.293 e. The fourth-order valence-corrected chi connectivity index (χ4v) is 5.61. The third-order valence-electron chi connectivity index (χ3n) is 4.97. The number of halogens is 2. The van der Waals surface area contributed by atoms with Gasteiger partial charge in [0.25, 0.3) is 0 Å². The summed E-state index contributed by atoms with van der Waals surface area (Å²) in [6.45, 7) is 0. The number of aliphatic imine (C=N–C) groups is 1. The van der Waals surface area contributed by atoms with E-state index in [1.807, 2.05) is 54.6 Å². The molecular formula is C22H13Cl2NOS. The number of hydrogen-bond acceptors (Lipinski definition) is 3. The lowest BCUT2D eigenvalue weighted by molar-refractivity contribution is 0.0960. The Labute approximate surface area is 171 Å². The first-order valence-electron chi connectivity index (χ1n) is 8.56. The smallest absolute Gasteiger partial charge is 0.174 e. The monoisotopic (exact) mass is 409 g/mol. The maximum Gasteiger partial charge on any atom is 0.174 e. The minimum atomic E-state index is -0.393. The summed E-state index contributed by atoms with van der Waals surface area (Å²) in [6.07, 6.45) is 0. The minimum absolute atomic E-state index is 0.0886. The van der Waals surface area contributed by atoms with Crippen molar-refractivity contribution >= 4 is 52.1 Å². The molecule has 2 atom stereocenters. The molecule has 5 heteroatoms. The van der Waals surface area contributed by atoms with E-state index in [0.29, 0.717) is 10.0 Å². The van der Waals surface area contributed by atoms with Gasteiger partial charge in [-0.3, -0.25) is 9.79 Å². The Bertz CT molecular complexity index is 1120. The highest BCUT2D eigenvalue weighted by molar-refractivity contribution is 7.99. The summed E-state index contributed by atoms with van der Waals surface area (Å²) in [7, 11) is 0. The quantitative estimate of drug-likeness (QED) is 0.443. The van der Waals surface area contributed by atoms with Crippen LogP contribution in [0.3, 0.4) is 0 Å². The third-order valence-corrected chi connectivity index (χ3v) is 6.93. The standard InChI is InChI=1S/C22H13Cl2NOS/c23-12-9-10-16(24)15(11-12)22-19-20(13-5-1-2-6-14(13)21(19)26)25-17-7-3-4-8-18(17)27-22/h1-11,19,22H/t19-,22-/m0/s1. The van der Waals surface area contributed by atoms with Gasteiger partial charge in [-0.1, -0.05) is 59.6 Å². The molecule has 1 heterocycles. The number of thioether (sulfide) groups is 1. The lowest BCUT2D eigenvalue weighted by Crippen LogP contribution is -2.22. The molecule has 0 amide bonds. The largest absolute Gasteiger partial charge is 0.293 e. The number of para-hydroxylation sites is 1. The summed E-state index contributed by atoms with van der Waals surface area (Å²) in [5, 5.41) is 1.02. The number of benzene rings is 3. The fraction of sp³-hybridized carbons (Fsp3) is 0.0909. The van der Waals surface area contributed by atoms with Crippen molar-refractivity contribution in [2.75, 3.05) is 0 Å². The summed E-state index contributed by atoms with van der Waals surface area (Å²) in [6, 6.07) is 21.1. The van der Waals surface area contributed by atoms with Gasteiger partial charge in [-0.15, -0.1) is 11.8 Å². The Morgan fingerprint density at radius 1 is 0.889 bits per heavy atom. The van der Waals surface area contributed by atoms with Gasteiger partial charge in [0.05, 0.1) is 22.6 Å². The molecule has 132 valence electrons. The molecule has 0 fully saturated rings. The van der Waals surface area contributed by atoms with E-state index in [-0.39, 0.29) is 11.0 Å². The topological polar surface area (TPSA) is 29.4 Å². The van der Waals surface area contributed by atoms with Crippen LogP contribution in [-0.2, 0) is 0 Å². The van der Waals surface area contributed by atoms with Gasteiger partial charge in [-0.25, -0.2) is 0 Å². The number of hydrogen-bond donors (Lipinski definition) is 0. The molecule has 0 N–H and O–H groups in total. The van der Waals surface area contributed by atoms with Crippen LogP contribution in [0.25, 0.3) is 0 Å². The van der Waals surface area contributed by atoms with Gasteiger partial charge in [-0.05, 0) is 35.9 Å². The second-order valence-electron chi connectivity index (χ2n) is 6.56. The SMILES string of the molecule is O=C1c2ccccc2C2=Nc3ccccc3S[C@@H](c3cc(Cl)ccc3Cl)[C@H]12. The van der Waals surface area contributed by atoms with Crippen molar-refractivity contribution in [2.45, 2.75) is 10.1 Å². The van der Waals surface area contributed by atoms with E-state index in [0.717, 1.165) is 33.0 Å². The first kappa shape index (κ1) is 17.1. The highest BCUT2D eigenvalue weighted by atomic mass is 35.5. The van der Waals surface area contributed by atoms with Crippen LogP contribution < -0.4 is 0 Å². The van der Waals surface area contributed by atoms with Crippen LogP contribution in [0.1, 0.15) is 26.7 Å². The zero-order valence-electron chi connectivity index (χ0n) is 14.0. The average Bonchev–Trinajstić information content (AvgIpc) is 2.85. The highest BCUT2D eigenvalue weighted by Gasteiger charge is 2.44. The van der Waals surface area contributed by atoms with Crippen LogP contribution in [0.4, 0.5) is 5.69 Å². The van der Waals surface area contributed by atoms with Gasteiger partial charge in [-0.2, -0.15) is 0 Å². The summed E-state index contributed by atoms with van der Waals surface area (Å²) in [5.41, 5.74) is 4.20. The van der Waals surface area contributed by atoms with Gasteiger partial charge in [0.15, 0.2) is 5.78 Å². The number of carbonyl (C=O) groups excluding carboxylic acids is 1. The summed E-state index contributed by atoms with van der Waals surface area (Å²) >= 11 is 14.4. The maximum atomic E-state index is 13.3. The third kappa shape index (κ3) is 2.73. The van der Waals surface area contributed by atoms with Crippen molar-refractivity contribution in [3.8, 4) is 0 Å². The van der Waals surface area contributed by atoms with E-state index < -0.39 is 5.92 Å². The second kappa shape index (κ2) is 6.52. The summed E-state index contributed by atoms with van der Waals surface area (Å²) in [4.78, 5) is 19.3.